The first-order valence-electron chi connectivity index (χ1n) is 22.3. The van der Waals surface area contributed by atoms with Gasteiger partial charge in [-0.25, -0.2) is 29.5 Å². The van der Waals surface area contributed by atoms with Gasteiger partial charge >= 0.3 is 12.2 Å². The van der Waals surface area contributed by atoms with Gasteiger partial charge in [0.1, 0.15) is 52.0 Å². The summed E-state index contributed by atoms with van der Waals surface area (Å²) in [4.78, 5) is 61.9. The number of amides is 2. The Morgan fingerprint density at radius 2 is 1.10 bits per heavy atom. The van der Waals surface area contributed by atoms with E-state index in [1.165, 1.54) is 20.9 Å². The summed E-state index contributed by atoms with van der Waals surface area (Å²) in [6.45, 7) is 11.5. The van der Waals surface area contributed by atoms with Crippen LogP contribution in [0, 0.1) is 0 Å². The van der Waals surface area contributed by atoms with Gasteiger partial charge in [0.15, 0.2) is 0 Å². The minimum absolute atomic E-state index is 0.0582. The summed E-state index contributed by atoms with van der Waals surface area (Å²) in [5.74, 6) is 1.92. The number of thiophene rings is 2. The van der Waals surface area contributed by atoms with Crippen molar-refractivity contribution < 1.29 is 38.4 Å². The van der Waals surface area contributed by atoms with Crippen molar-refractivity contribution in [3.63, 3.8) is 0 Å². The molecule has 2 amide bonds. The van der Waals surface area contributed by atoms with Crippen LogP contribution in [0.15, 0.2) is 12.7 Å². The second-order valence-corrected chi connectivity index (χ2v) is 21.4. The maximum Gasteiger partial charge on any atom is 0.410 e. The number of nitrogens with zero attached hydrogens (tertiary/aromatic N) is 6. The number of aldehydes is 1. The molecular weight excluding hydrogens is 829 g/mol. The zero-order chi connectivity index (χ0) is 44.3. The molecule has 16 heteroatoms. The molecule has 0 radical (unpaired) electrons. The van der Waals surface area contributed by atoms with Gasteiger partial charge in [0.25, 0.3) is 0 Å². The van der Waals surface area contributed by atoms with Gasteiger partial charge < -0.3 is 38.6 Å². The van der Waals surface area contributed by atoms with Crippen LogP contribution in [0.5, 0.6) is 11.8 Å². The van der Waals surface area contributed by atoms with Crippen molar-refractivity contribution in [2.45, 2.75) is 179 Å². The summed E-state index contributed by atoms with van der Waals surface area (Å²) >= 11 is 3.43. The molecule has 4 aliphatic rings. The van der Waals surface area contributed by atoms with Gasteiger partial charge in [-0.15, -0.1) is 22.7 Å². The fraction of sp³-hybridized carbons (Fsp3) is 0.674. The lowest BCUT2D eigenvalue weighted by molar-refractivity contribution is -0.108. The molecule has 338 valence electrons. The third kappa shape index (κ3) is 10.6. The Kier molecular flexibility index (Phi) is 14.3. The average molecular weight is 893 g/mol. The van der Waals surface area contributed by atoms with E-state index in [4.69, 9.17) is 18.9 Å². The SMILES string of the molecule is CN(C(=O)OC(C)(C)C)C1CCC(Oc2ncnc3sc4c(c23)[C@@H](CC=O)CC4)CC1.CN(C(=O)OC(C)(C)C)C1CCC(Oc2ncnc3sc4c(c23)[C@@H](CCO)CC4)CC1. The Hall–Kier alpha value is -4.15. The molecule has 2 atom stereocenters. The van der Waals surface area contributed by atoms with E-state index in [0.29, 0.717) is 24.1 Å². The number of aliphatic hydroxyl groups is 1. The summed E-state index contributed by atoms with van der Waals surface area (Å²) in [6, 6.07) is 0.321. The summed E-state index contributed by atoms with van der Waals surface area (Å²) in [7, 11) is 3.64. The van der Waals surface area contributed by atoms with E-state index in [1.807, 2.05) is 55.6 Å². The van der Waals surface area contributed by atoms with Gasteiger partial charge in [-0.05, 0) is 148 Å². The van der Waals surface area contributed by atoms with Crippen LogP contribution in [0.1, 0.15) is 151 Å². The molecule has 4 aliphatic carbocycles. The molecule has 0 unspecified atom stereocenters. The van der Waals surface area contributed by atoms with Crippen LogP contribution in [0.4, 0.5) is 9.59 Å². The van der Waals surface area contributed by atoms with Gasteiger partial charge in [0.05, 0.1) is 10.8 Å². The maximum absolute atomic E-state index is 12.4. The highest BCUT2D eigenvalue weighted by molar-refractivity contribution is 7.19. The molecule has 2 fully saturated rings. The van der Waals surface area contributed by atoms with E-state index >= 15 is 0 Å². The Morgan fingerprint density at radius 1 is 0.677 bits per heavy atom. The summed E-state index contributed by atoms with van der Waals surface area (Å²) in [6.07, 6.45) is 16.1. The van der Waals surface area contributed by atoms with Crippen LogP contribution in [0.3, 0.4) is 0 Å². The van der Waals surface area contributed by atoms with E-state index in [9.17, 15) is 19.5 Å². The van der Waals surface area contributed by atoms with Gasteiger partial charge in [0, 0.05) is 49.0 Å². The molecule has 4 heterocycles. The Balaban J connectivity index is 0.000000186. The van der Waals surface area contributed by atoms with Crippen LogP contribution >= 0.6 is 22.7 Å². The number of carbonyl (C=O) groups excluding carboxylic acids is 3. The predicted octanol–water partition coefficient (Wildman–Crippen LogP) is 9.53. The topological polar surface area (TPSA) is 166 Å². The van der Waals surface area contributed by atoms with Gasteiger partial charge in [-0.3, -0.25) is 0 Å². The molecule has 0 aromatic carbocycles. The number of aromatic nitrogens is 4. The van der Waals surface area contributed by atoms with E-state index in [0.717, 1.165) is 110 Å². The Bertz CT molecular complexity index is 2200. The molecule has 62 heavy (non-hydrogen) atoms. The van der Waals surface area contributed by atoms with E-state index < -0.39 is 11.2 Å². The van der Waals surface area contributed by atoms with Crippen molar-refractivity contribution in [2.75, 3.05) is 20.7 Å². The minimum atomic E-state index is -0.494. The zero-order valence-electron chi connectivity index (χ0n) is 37.6. The maximum atomic E-state index is 12.4. The normalized spacial score (nSPS) is 23.5. The molecule has 1 N–H and O–H groups in total. The first kappa shape index (κ1) is 45.9. The number of fused-ring (bicyclic) bond motifs is 6. The van der Waals surface area contributed by atoms with Gasteiger partial charge in [-0.1, -0.05) is 0 Å². The van der Waals surface area contributed by atoms with Crippen LogP contribution < -0.4 is 9.47 Å². The third-order valence-corrected chi connectivity index (χ3v) is 14.9. The van der Waals surface area contributed by atoms with Crippen LogP contribution in [-0.4, -0.2) is 110 Å². The molecule has 0 aliphatic heterocycles. The quantitative estimate of drug-likeness (QED) is 0.150. The number of aliphatic hydroxyl groups excluding tert-OH is 1. The lowest BCUT2D eigenvalue weighted by Gasteiger charge is -2.35. The van der Waals surface area contributed by atoms with Crippen molar-refractivity contribution in [2.24, 2.45) is 0 Å². The monoisotopic (exact) mass is 892 g/mol. The lowest BCUT2D eigenvalue weighted by atomic mass is 9.92. The van der Waals surface area contributed by atoms with E-state index in [-0.39, 0.29) is 49.0 Å². The molecule has 0 spiro atoms. The number of carbonyl (C=O) groups is 3. The molecule has 8 rings (SSSR count). The number of hydrogen-bond acceptors (Lipinski definition) is 14. The zero-order valence-corrected chi connectivity index (χ0v) is 39.2. The number of ether oxygens (including phenoxy) is 4. The lowest BCUT2D eigenvalue weighted by Crippen LogP contribution is -2.43. The van der Waals surface area contributed by atoms with Crippen LogP contribution in [0.25, 0.3) is 20.4 Å². The van der Waals surface area contributed by atoms with Crippen molar-refractivity contribution in [1.82, 2.24) is 29.7 Å². The average Bonchev–Trinajstić information content (AvgIpc) is 3.99. The smallest absolute Gasteiger partial charge is 0.410 e. The molecule has 4 aromatic heterocycles. The predicted molar refractivity (Wildman–Crippen MR) is 241 cm³/mol. The second-order valence-electron chi connectivity index (χ2n) is 19.3. The third-order valence-electron chi connectivity index (χ3n) is 12.6. The summed E-state index contributed by atoms with van der Waals surface area (Å²) in [5.41, 5.74) is 1.54. The first-order chi connectivity index (χ1) is 29.5. The van der Waals surface area contributed by atoms with E-state index in [2.05, 4.69) is 19.9 Å². The standard InChI is InChI=1S/C23H33N3O4S.C23H31N3O4S/c2*1-23(2,3)30-22(28)26(4)15-6-8-16(9-7-15)29-20-19-18-14(11-12-27)5-10-17(18)31-21(19)25-13-24-20/h13-16,27H,5-12H2,1-4H3;12-16H,5-11H2,1-4H3/t2*14-,15?,16?/m11/s1. The van der Waals surface area contributed by atoms with Crippen molar-refractivity contribution in [3.8, 4) is 11.8 Å². The molecule has 0 saturated heterocycles. The van der Waals surface area contributed by atoms with E-state index in [1.54, 1.807) is 45.1 Å². The molecule has 14 nitrogen and oxygen atoms in total. The molecule has 4 aromatic rings. The summed E-state index contributed by atoms with van der Waals surface area (Å²) < 4.78 is 23.8. The van der Waals surface area contributed by atoms with Crippen LogP contribution in [0.2, 0.25) is 0 Å². The van der Waals surface area contributed by atoms with Crippen molar-refractivity contribution in [3.05, 3.63) is 33.5 Å². The van der Waals surface area contributed by atoms with Crippen LogP contribution in [-0.2, 0) is 27.1 Å². The van der Waals surface area contributed by atoms with Gasteiger partial charge in [0.2, 0.25) is 11.8 Å². The largest absolute Gasteiger partial charge is 0.474 e. The fourth-order valence-corrected chi connectivity index (χ4v) is 11.9. The minimum Gasteiger partial charge on any atom is -0.474 e. The second kappa shape index (κ2) is 19.3. The highest BCUT2D eigenvalue weighted by atomic mass is 32.1. The first-order valence-corrected chi connectivity index (χ1v) is 24.0. The highest BCUT2D eigenvalue weighted by Crippen LogP contribution is 2.49. The molecule has 2 saturated carbocycles. The number of aryl methyl sites for hydroxylation is 2. The molecule has 0 bridgehead atoms. The number of rotatable bonds is 10. The Morgan fingerprint density at radius 3 is 1.50 bits per heavy atom. The number of hydrogen-bond donors (Lipinski definition) is 1. The molecular formula is C46H64N6O8S2. The van der Waals surface area contributed by atoms with Crippen molar-refractivity contribution >= 4 is 61.6 Å². The highest BCUT2D eigenvalue weighted by Gasteiger charge is 2.35. The fourth-order valence-electron chi connectivity index (χ4n) is 9.44. The van der Waals surface area contributed by atoms with Gasteiger partial charge in [-0.2, -0.15) is 0 Å². The van der Waals surface area contributed by atoms with Crippen molar-refractivity contribution in [1.29, 1.82) is 0 Å². The Labute approximate surface area is 373 Å². The summed E-state index contributed by atoms with van der Waals surface area (Å²) in [5, 5.41) is 11.5.